The highest BCUT2D eigenvalue weighted by Gasteiger charge is 2.35. The van der Waals surface area contributed by atoms with Crippen LogP contribution in [0.1, 0.15) is 6.42 Å². The van der Waals surface area contributed by atoms with Crippen molar-refractivity contribution in [3.05, 3.63) is 0 Å². The summed E-state index contributed by atoms with van der Waals surface area (Å²) in [7, 11) is 1.74. The van der Waals surface area contributed by atoms with Crippen molar-refractivity contribution < 1.29 is 4.74 Å². The average Bonchev–Trinajstić information content (AvgIpc) is 2.43. The molecular formula is C5H11NO. The van der Waals surface area contributed by atoms with Gasteiger partial charge >= 0.3 is 0 Å². The van der Waals surface area contributed by atoms with Crippen LogP contribution in [0.5, 0.6) is 0 Å². The molecule has 1 aliphatic rings. The van der Waals surface area contributed by atoms with Gasteiger partial charge in [0.05, 0.1) is 6.10 Å². The molecule has 0 amide bonds. The van der Waals surface area contributed by atoms with E-state index in [2.05, 4.69) is 0 Å². The molecule has 0 aromatic heterocycles. The first-order chi connectivity index (χ1) is 3.38. The van der Waals surface area contributed by atoms with Crippen LogP contribution in [0, 0.1) is 5.92 Å². The fourth-order valence-corrected chi connectivity index (χ4v) is 0.757. The van der Waals surface area contributed by atoms with E-state index in [1.54, 1.807) is 7.11 Å². The standard InChI is InChI=1S/C5H11NO/c1-7-5-2-4(5)3-6/h4-5H,2-3,6H2,1H3. The lowest BCUT2D eigenvalue weighted by molar-refractivity contribution is 0.170. The number of ether oxygens (including phenoxy) is 1. The van der Waals surface area contributed by atoms with Gasteiger partial charge in [0.2, 0.25) is 0 Å². The van der Waals surface area contributed by atoms with E-state index in [0.29, 0.717) is 12.0 Å². The van der Waals surface area contributed by atoms with Crippen molar-refractivity contribution in [2.24, 2.45) is 11.7 Å². The van der Waals surface area contributed by atoms with Gasteiger partial charge in [0, 0.05) is 7.11 Å². The SMILES string of the molecule is COC1CC1CN. The molecule has 1 rings (SSSR count). The largest absolute Gasteiger partial charge is 0.381 e. The van der Waals surface area contributed by atoms with Crippen molar-refractivity contribution in [3.8, 4) is 0 Å². The summed E-state index contributed by atoms with van der Waals surface area (Å²) < 4.78 is 4.98. The quantitative estimate of drug-likeness (QED) is 0.530. The Morgan fingerprint density at radius 1 is 1.86 bits per heavy atom. The molecule has 1 aliphatic carbocycles. The maximum Gasteiger partial charge on any atom is 0.0616 e. The molecule has 2 nitrogen and oxygen atoms in total. The molecule has 7 heavy (non-hydrogen) atoms. The fraction of sp³-hybridized carbons (Fsp3) is 1.00. The Labute approximate surface area is 43.6 Å². The van der Waals surface area contributed by atoms with E-state index in [-0.39, 0.29) is 0 Å². The first kappa shape index (κ1) is 5.06. The molecule has 2 unspecified atom stereocenters. The van der Waals surface area contributed by atoms with Crippen molar-refractivity contribution in [1.29, 1.82) is 0 Å². The van der Waals surface area contributed by atoms with Crippen LogP contribution in [0.3, 0.4) is 0 Å². The van der Waals surface area contributed by atoms with Crippen LogP contribution in [-0.4, -0.2) is 19.8 Å². The lowest BCUT2D eigenvalue weighted by Gasteiger charge is -1.89. The maximum absolute atomic E-state index is 5.32. The highest BCUT2D eigenvalue weighted by molar-refractivity contribution is 4.87. The summed E-state index contributed by atoms with van der Waals surface area (Å²) in [6.45, 7) is 0.790. The third-order valence-corrected chi connectivity index (χ3v) is 1.46. The second-order valence-electron chi connectivity index (χ2n) is 2.01. The van der Waals surface area contributed by atoms with E-state index in [4.69, 9.17) is 10.5 Å². The van der Waals surface area contributed by atoms with Crippen LogP contribution in [0.4, 0.5) is 0 Å². The van der Waals surface area contributed by atoms with Crippen LogP contribution in [0.15, 0.2) is 0 Å². The zero-order valence-corrected chi connectivity index (χ0v) is 4.55. The number of hydrogen-bond acceptors (Lipinski definition) is 2. The Balaban J connectivity index is 2.06. The number of rotatable bonds is 2. The molecule has 0 spiro atoms. The Morgan fingerprint density at radius 2 is 2.57 bits per heavy atom. The first-order valence-electron chi connectivity index (χ1n) is 2.61. The molecule has 2 N–H and O–H groups in total. The predicted octanol–water partition coefficient (Wildman–Crippen LogP) is -0.0200. The Hall–Kier alpha value is -0.0800. The van der Waals surface area contributed by atoms with E-state index in [1.165, 1.54) is 6.42 Å². The van der Waals surface area contributed by atoms with E-state index in [9.17, 15) is 0 Å². The predicted molar refractivity (Wildman–Crippen MR) is 28.0 cm³/mol. The van der Waals surface area contributed by atoms with Crippen molar-refractivity contribution in [2.45, 2.75) is 12.5 Å². The Bertz CT molecular complexity index is 57.1. The maximum atomic E-state index is 5.32. The molecule has 0 aromatic rings. The molecule has 42 valence electrons. The van der Waals surface area contributed by atoms with E-state index >= 15 is 0 Å². The Morgan fingerprint density at radius 3 is 2.71 bits per heavy atom. The van der Waals surface area contributed by atoms with Crippen LogP contribution in [0.25, 0.3) is 0 Å². The van der Waals surface area contributed by atoms with Crippen molar-refractivity contribution >= 4 is 0 Å². The fourth-order valence-electron chi connectivity index (χ4n) is 0.757. The van der Waals surface area contributed by atoms with Gasteiger partial charge in [0.1, 0.15) is 0 Å². The number of hydrogen-bond donors (Lipinski definition) is 1. The molecule has 2 atom stereocenters. The van der Waals surface area contributed by atoms with Gasteiger partial charge in [-0.05, 0) is 18.9 Å². The van der Waals surface area contributed by atoms with E-state index in [0.717, 1.165) is 6.54 Å². The summed E-state index contributed by atoms with van der Waals surface area (Å²) >= 11 is 0. The van der Waals surface area contributed by atoms with Crippen molar-refractivity contribution in [1.82, 2.24) is 0 Å². The normalized spacial score (nSPS) is 38.6. The summed E-state index contributed by atoms with van der Waals surface area (Å²) in [6.07, 6.45) is 1.66. The zero-order valence-electron chi connectivity index (χ0n) is 4.55. The van der Waals surface area contributed by atoms with Crippen LogP contribution < -0.4 is 5.73 Å². The summed E-state index contributed by atoms with van der Waals surface area (Å²) in [5.74, 6) is 0.671. The zero-order chi connectivity index (χ0) is 5.28. The van der Waals surface area contributed by atoms with Crippen molar-refractivity contribution in [3.63, 3.8) is 0 Å². The topological polar surface area (TPSA) is 35.2 Å². The lowest BCUT2D eigenvalue weighted by Crippen LogP contribution is -2.04. The van der Waals surface area contributed by atoms with Gasteiger partial charge in [-0.3, -0.25) is 0 Å². The van der Waals surface area contributed by atoms with E-state index in [1.807, 2.05) is 0 Å². The second-order valence-corrected chi connectivity index (χ2v) is 2.01. The molecule has 0 heterocycles. The molecule has 1 saturated carbocycles. The minimum absolute atomic E-state index is 0.491. The van der Waals surface area contributed by atoms with Crippen LogP contribution in [-0.2, 0) is 4.74 Å². The van der Waals surface area contributed by atoms with Gasteiger partial charge < -0.3 is 10.5 Å². The Kier molecular flexibility index (Phi) is 1.30. The molecule has 0 bridgehead atoms. The number of nitrogens with two attached hydrogens (primary N) is 1. The summed E-state index contributed by atoms with van der Waals surface area (Å²) in [6, 6.07) is 0. The molecular weight excluding hydrogens is 90.1 g/mol. The van der Waals surface area contributed by atoms with Crippen molar-refractivity contribution in [2.75, 3.05) is 13.7 Å². The lowest BCUT2D eigenvalue weighted by atomic mass is 10.4. The third kappa shape index (κ3) is 0.924. The van der Waals surface area contributed by atoms with Gasteiger partial charge in [-0.25, -0.2) is 0 Å². The monoisotopic (exact) mass is 101 g/mol. The summed E-state index contributed by atoms with van der Waals surface area (Å²) in [5.41, 5.74) is 5.32. The highest BCUT2D eigenvalue weighted by atomic mass is 16.5. The number of methoxy groups -OCH3 is 1. The molecule has 0 aromatic carbocycles. The van der Waals surface area contributed by atoms with Gasteiger partial charge in [-0.1, -0.05) is 0 Å². The second kappa shape index (κ2) is 1.80. The minimum atomic E-state index is 0.491. The molecule has 0 radical (unpaired) electrons. The molecule has 1 fully saturated rings. The average molecular weight is 101 g/mol. The van der Waals surface area contributed by atoms with Gasteiger partial charge in [-0.15, -0.1) is 0 Å². The third-order valence-electron chi connectivity index (χ3n) is 1.46. The summed E-state index contributed by atoms with van der Waals surface area (Å²) in [5, 5.41) is 0. The summed E-state index contributed by atoms with van der Waals surface area (Å²) in [4.78, 5) is 0. The first-order valence-corrected chi connectivity index (χ1v) is 2.61. The highest BCUT2D eigenvalue weighted by Crippen LogP contribution is 2.31. The molecule has 0 aliphatic heterocycles. The van der Waals surface area contributed by atoms with E-state index < -0.39 is 0 Å². The van der Waals surface area contributed by atoms with Gasteiger partial charge in [0.15, 0.2) is 0 Å². The minimum Gasteiger partial charge on any atom is -0.381 e. The van der Waals surface area contributed by atoms with Gasteiger partial charge in [0.25, 0.3) is 0 Å². The van der Waals surface area contributed by atoms with Crippen LogP contribution in [0.2, 0.25) is 0 Å². The smallest absolute Gasteiger partial charge is 0.0616 e. The van der Waals surface area contributed by atoms with Gasteiger partial charge in [-0.2, -0.15) is 0 Å². The van der Waals surface area contributed by atoms with Crippen LogP contribution >= 0.6 is 0 Å². The molecule has 0 saturated heterocycles. The molecule has 2 heteroatoms.